The van der Waals surface area contributed by atoms with Crippen molar-refractivity contribution in [2.45, 2.75) is 51.6 Å². The second-order valence-electron chi connectivity index (χ2n) is 5.51. The van der Waals surface area contributed by atoms with Gasteiger partial charge in [0.05, 0.1) is 0 Å². The fraction of sp³-hybridized carbons (Fsp3) is 0.600. The molecule has 2 rings (SSSR count). The van der Waals surface area contributed by atoms with E-state index in [4.69, 9.17) is 0 Å². The average Bonchev–Trinajstić information content (AvgIpc) is 2.35. The van der Waals surface area contributed by atoms with Crippen LogP contribution in [0.2, 0.25) is 0 Å². The maximum absolute atomic E-state index is 13.8. The third-order valence-electron chi connectivity index (χ3n) is 3.93. The van der Waals surface area contributed by atoms with Crippen LogP contribution in [0.5, 0.6) is 0 Å². The molecule has 1 fully saturated rings. The quantitative estimate of drug-likeness (QED) is 0.843. The maximum atomic E-state index is 13.8. The summed E-state index contributed by atoms with van der Waals surface area (Å²) in [6.45, 7) is 4.36. The molecule has 1 aromatic carbocycles. The van der Waals surface area contributed by atoms with Crippen LogP contribution in [0.4, 0.5) is 4.39 Å². The van der Waals surface area contributed by atoms with E-state index < -0.39 is 0 Å². The van der Waals surface area contributed by atoms with E-state index in [1.165, 1.54) is 31.7 Å². The Morgan fingerprint density at radius 2 is 1.94 bits per heavy atom. The van der Waals surface area contributed by atoms with Gasteiger partial charge in [0.1, 0.15) is 5.82 Å². The Morgan fingerprint density at radius 1 is 1.28 bits per heavy atom. The van der Waals surface area contributed by atoms with Crippen molar-refractivity contribution < 1.29 is 4.39 Å². The molecule has 3 heteroatoms. The molecule has 1 aromatic rings. The second-order valence-corrected chi connectivity index (χ2v) is 6.43. The molecule has 100 valence electrons. The lowest BCUT2D eigenvalue weighted by Gasteiger charge is -2.30. The maximum Gasteiger partial charge on any atom is 0.128 e. The van der Waals surface area contributed by atoms with Gasteiger partial charge < -0.3 is 5.32 Å². The minimum atomic E-state index is -0.123. The van der Waals surface area contributed by atoms with Gasteiger partial charge in [-0.15, -0.1) is 0 Å². The van der Waals surface area contributed by atoms with Crippen molar-refractivity contribution in [2.75, 3.05) is 0 Å². The topological polar surface area (TPSA) is 12.0 Å². The zero-order chi connectivity index (χ0) is 13.1. The van der Waals surface area contributed by atoms with Gasteiger partial charge in [-0.05, 0) is 56.7 Å². The molecule has 0 spiro atoms. The summed E-state index contributed by atoms with van der Waals surface area (Å²) in [5.74, 6) is 0.725. The van der Waals surface area contributed by atoms with Crippen LogP contribution >= 0.6 is 15.9 Å². The van der Waals surface area contributed by atoms with Crippen molar-refractivity contribution in [3.63, 3.8) is 0 Å². The lowest BCUT2D eigenvalue weighted by molar-refractivity contribution is 0.290. The van der Waals surface area contributed by atoms with Crippen molar-refractivity contribution in [1.82, 2.24) is 5.32 Å². The van der Waals surface area contributed by atoms with E-state index in [0.717, 1.165) is 16.0 Å². The molecule has 1 aliphatic rings. The Labute approximate surface area is 117 Å². The fourth-order valence-corrected chi connectivity index (χ4v) is 3.10. The summed E-state index contributed by atoms with van der Waals surface area (Å²) in [5, 5.41) is 3.56. The highest BCUT2D eigenvalue weighted by molar-refractivity contribution is 9.10. The van der Waals surface area contributed by atoms with Gasteiger partial charge in [-0.2, -0.15) is 0 Å². The van der Waals surface area contributed by atoms with Gasteiger partial charge in [0, 0.05) is 22.1 Å². The lowest BCUT2D eigenvalue weighted by atomic mass is 9.87. The first-order valence-corrected chi connectivity index (χ1v) is 7.56. The summed E-state index contributed by atoms with van der Waals surface area (Å²) in [7, 11) is 0. The van der Waals surface area contributed by atoms with Crippen LogP contribution in [-0.4, -0.2) is 6.04 Å². The van der Waals surface area contributed by atoms with Gasteiger partial charge in [0.25, 0.3) is 0 Å². The van der Waals surface area contributed by atoms with E-state index in [2.05, 4.69) is 28.2 Å². The van der Waals surface area contributed by atoms with E-state index in [0.29, 0.717) is 6.04 Å². The summed E-state index contributed by atoms with van der Waals surface area (Å²) in [5.41, 5.74) is 0.753. The van der Waals surface area contributed by atoms with E-state index in [9.17, 15) is 4.39 Å². The van der Waals surface area contributed by atoms with Crippen molar-refractivity contribution in [1.29, 1.82) is 0 Å². The van der Waals surface area contributed by atoms with Gasteiger partial charge in [-0.1, -0.05) is 22.9 Å². The summed E-state index contributed by atoms with van der Waals surface area (Å²) in [4.78, 5) is 0. The number of hydrogen-bond donors (Lipinski definition) is 1. The molecule has 0 amide bonds. The van der Waals surface area contributed by atoms with Crippen LogP contribution in [0.1, 0.15) is 51.1 Å². The van der Waals surface area contributed by atoms with E-state index in [-0.39, 0.29) is 11.9 Å². The predicted octanol–water partition coefficient (Wildman–Crippen LogP) is 4.82. The first-order chi connectivity index (χ1) is 8.56. The SMILES string of the molecule is CC1CCC(NC(C)c2cc(Br)ccc2F)CC1. The number of rotatable bonds is 3. The van der Waals surface area contributed by atoms with Gasteiger partial charge in [-0.3, -0.25) is 0 Å². The monoisotopic (exact) mass is 313 g/mol. The van der Waals surface area contributed by atoms with Crippen LogP contribution in [0.25, 0.3) is 0 Å². The van der Waals surface area contributed by atoms with Crippen LogP contribution in [0, 0.1) is 11.7 Å². The molecule has 0 saturated heterocycles. The largest absolute Gasteiger partial charge is 0.307 e. The second kappa shape index (κ2) is 6.16. The van der Waals surface area contributed by atoms with Crippen molar-refractivity contribution >= 4 is 15.9 Å². The Hall–Kier alpha value is -0.410. The minimum absolute atomic E-state index is 0.0703. The standard InChI is InChI=1S/C15H21BrFN/c1-10-3-6-13(7-4-10)18-11(2)14-9-12(16)5-8-15(14)17/h5,8-11,13,18H,3-4,6-7H2,1-2H3. The zero-order valence-electron chi connectivity index (χ0n) is 11.0. The molecule has 1 aliphatic carbocycles. The summed E-state index contributed by atoms with van der Waals surface area (Å²) in [6.07, 6.45) is 4.99. The Kier molecular flexibility index (Phi) is 4.79. The Morgan fingerprint density at radius 3 is 2.61 bits per heavy atom. The van der Waals surface area contributed by atoms with Crippen molar-refractivity contribution in [2.24, 2.45) is 5.92 Å². The van der Waals surface area contributed by atoms with E-state index in [1.807, 2.05) is 13.0 Å². The zero-order valence-corrected chi connectivity index (χ0v) is 12.6. The number of hydrogen-bond acceptors (Lipinski definition) is 1. The van der Waals surface area contributed by atoms with Crippen molar-refractivity contribution in [3.8, 4) is 0 Å². The molecule has 1 unspecified atom stereocenters. The molecule has 1 saturated carbocycles. The summed E-state index contributed by atoms with van der Waals surface area (Å²) >= 11 is 3.40. The lowest BCUT2D eigenvalue weighted by Crippen LogP contribution is -2.34. The average molecular weight is 314 g/mol. The van der Waals surface area contributed by atoms with Crippen LogP contribution in [0.3, 0.4) is 0 Å². The number of halogens is 2. The summed E-state index contributed by atoms with van der Waals surface area (Å²) < 4.78 is 14.7. The van der Waals surface area contributed by atoms with Crippen molar-refractivity contribution in [3.05, 3.63) is 34.1 Å². The Bertz CT molecular complexity index is 399. The first-order valence-electron chi connectivity index (χ1n) is 6.77. The van der Waals surface area contributed by atoms with Gasteiger partial charge in [-0.25, -0.2) is 4.39 Å². The Balaban J connectivity index is 1.98. The van der Waals surface area contributed by atoms with E-state index in [1.54, 1.807) is 6.07 Å². The molecular formula is C15H21BrFN. The molecule has 18 heavy (non-hydrogen) atoms. The molecule has 0 aliphatic heterocycles. The van der Waals surface area contributed by atoms with Crippen LogP contribution in [0.15, 0.2) is 22.7 Å². The van der Waals surface area contributed by atoms with Crippen LogP contribution < -0.4 is 5.32 Å². The highest BCUT2D eigenvalue weighted by atomic mass is 79.9. The fourth-order valence-electron chi connectivity index (χ4n) is 2.72. The van der Waals surface area contributed by atoms with Gasteiger partial charge in [0.15, 0.2) is 0 Å². The summed E-state index contributed by atoms with van der Waals surface area (Å²) in [6, 6.07) is 5.75. The molecule has 0 bridgehead atoms. The highest BCUT2D eigenvalue weighted by Crippen LogP contribution is 2.27. The molecule has 0 radical (unpaired) electrons. The minimum Gasteiger partial charge on any atom is -0.307 e. The van der Waals surface area contributed by atoms with Crippen LogP contribution in [-0.2, 0) is 0 Å². The first kappa shape index (κ1) is 14.0. The molecule has 0 heterocycles. The smallest absolute Gasteiger partial charge is 0.128 e. The van der Waals surface area contributed by atoms with Gasteiger partial charge >= 0.3 is 0 Å². The molecule has 1 N–H and O–H groups in total. The predicted molar refractivity (Wildman–Crippen MR) is 77.1 cm³/mol. The third kappa shape index (κ3) is 3.55. The highest BCUT2D eigenvalue weighted by Gasteiger charge is 2.21. The van der Waals surface area contributed by atoms with E-state index >= 15 is 0 Å². The molecule has 1 nitrogen and oxygen atoms in total. The van der Waals surface area contributed by atoms with Gasteiger partial charge in [0.2, 0.25) is 0 Å². The molecule has 1 atom stereocenters. The normalized spacial score (nSPS) is 26.0. The third-order valence-corrected chi connectivity index (χ3v) is 4.42. The molecular weight excluding hydrogens is 293 g/mol. The molecule has 0 aromatic heterocycles. The number of nitrogens with one attached hydrogen (secondary N) is 1. The number of benzene rings is 1.